The van der Waals surface area contributed by atoms with Gasteiger partial charge in [-0.2, -0.15) is 0 Å². The summed E-state index contributed by atoms with van der Waals surface area (Å²) in [6.45, 7) is 0. The highest BCUT2D eigenvalue weighted by Gasteiger charge is 2.17. The minimum atomic E-state index is -0.607. The maximum absolute atomic E-state index is 12.2. The second kappa shape index (κ2) is 8.15. The van der Waals surface area contributed by atoms with Crippen LogP contribution in [-0.2, 0) is 11.2 Å². The number of esters is 1. The summed E-state index contributed by atoms with van der Waals surface area (Å²) in [4.78, 5) is 27.0. The molecule has 0 aliphatic heterocycles. The Balaban J connectivity index is 1.75. The van der Waals surface area contributed by atoms with E-state index in [1.54, 1.807) is 11.4 Å². The number of ether oxygens (including phenoxy) is 2. The summed E-state index contributed by atoms with van der Waals surface area (Å²) in [6, 6.07) is 11.1. The number of non-ortho nitro benzene ring substituents is 1. The molecule has 9 heteroatoms. The van der Waals surface area contributed by atoms with Gasteiger partial charge in [0.25, 0.3) is 5.69 Å². The first-order valence-electron chi connectivity index (χ1n) is 7.70. The molecule has 2 aromatic carbocycles. The molecular weight excluding hydrogens is 392 g/mol. The van der Waals surface area contributed by atoms with Gasteiger partial charge in [-0.15, -0.1) is 11.3 Å². The highest BCUT2D eigenvalue weighted by molar-refractivity contribution is 7.13. The normalized spacial score (nSPS) is 10.4. The van der Waals surface area contributed by atoms with Gasteiger partial charge in [0.15, 0.2) is 11.5 Å². The average Bonchev–Trinajstić information content (AvgIpc) is 3.10. The molecule has 0 spiro atoms. The smallest absolute Gasteiger partial charge is 0.317 e. The van der Waals surface area contributed by atoms with Gasteiger partial charge in [-0.25, -0.2) is 4.98 Å². The molecule has 3 rings (SSSR count). The summed E-state index contributed by atoms with van der Waals surface area (Å²) in [7, 11) is 1.38. The second-order valence-electron chi connectivity index (χ2n) is 5.37. The fraction of sp³-hybridized carbons (Fsp3) is 0.111. The van der Waals surface area contributed by atoms with Crippen molar-refractivity contribution in [1.29, 1.82) is 0 Å². The monoisotopic (exact) mass is 404 g/mol. The molecule has 138 valence electrons. The van der Waals surface area contributed by atoms with E-state index in [0.29, 0.717) is 15.7 Å². The van der Waals surface area contributed by atoms with E-state index in [1.807, 2.05) is 18.2 Å². The fourth-order valence-corrected chi connectivity index (χ4v) is 3.45. The van der Waals surface area contributed by atoms with Gasteiger partial charge in [-0.3, -0.25) is 14.9 Å². The van der Waals surface area contributed by atoms with Gasteiger partial charge in [-0.1, -0.05) is 29.8 Å². The van der Waals surface area contributed by atoms with Crippen molar-refractivity contribution in [1.82, 2.24) is 4.98 Å². The predicted octanol–water partition coefficient (Wildman–Crippen LogP) is 4.53. The Bertz CT molecular complexity index is 1000. The maximum Gasteiger partial charge on any atom is 0.317 e. The molecule has 0 N–H and O–H groups in total. The number of halogens is 1. The zero-order valence-electron chi connectivity index (χ0n) is 14.0. The Morgan fingerprint density at radius 3 is 2.74 bits per heavy atom. The van der Waals surface area contributed by atoms with E-state index in [-0.39, 0.29) is 23.6 Å². The highest BCUT2D eigenvalue weighted by Crippen LogP contribution is 2.32. The van der Waals surface area contributed by atoms with Crippen LogP contribution in [0.5, 0.6) is 11.5 Å². The van der Waals surface area contributed by atoms with Crippen LogP contribution >= 0.6 is 22.9 Å². The number of rotatable bonds is 6. The minimum Gasteiger partial charge on any atom is -0.493 e. The lowest BCUT2D eigenvalue weighted by molar-refractivity contribution is -0.384. The number of nitro groups is 1. The van der Waals surface area contributed by atoms with E-state index >= 15 is 0 Å². The van der Waals surface area contributed by atoms with Gasteiger partial charge < -0.3 is 9.47 Å². The van der Waals surface area contributed by atoms with Crippen molar-refractivity contribution in [2.45, 2.75) is 6.42 Å². The molecule has 0 unspecified atom stereocenters. The van der Waals surface area contributed by atoms with Crippen LogP contribution < -0.4 is 9.47 Å². The van der Waals surface area contributed by atoms with E-state index in [0.717, 1.165) is 11.6 Å². The Kier molecular flexibility index (Phi) is 5.68. The first-order valence-corrected chi connectivity index (χ1v) is 8.96. The zero-order valence-corrected chi connectivity index (χ0v) is 15.6. The lowest BCUT2D eigenvalue weighted by Gasteiger charge is -2.08. The number of methoxy groups -OCH3 is 1. The number of carbonyl (C=O) groups excluding carboxylic acids is 1. The number of nitrogens with zero attached hydrogens (tertiary/aromatic N) is 2. The lowest BCUT2D eigenvalue weighted by atomic mass is 10.2. The van der Waals surface area contributed by atoms with Crippen LogP contribution in [0.1, 0.15) is 5.69 Å². The summed E-state index contributed by atoms with van der Waals surface area (Å²) in [6.07, 6.45) is -0.0905. The van der Waals surface area contributed by atoms with Crippen LogP contribution in [0.15, 0.2) is 47.8 Å². The Morgan fingerprint density at radius 2 is 2.04 bits per heavy atom. The quantitative estimate of drug-likeness (QED) is 0.259. The van der Waals surface area contributed by atoms with Crippen LogP contribution in [0.2, 0.25) is 5.02 Å². The molecule has 27 heavy (non-hydrogen) atoms. The molecule has 1 heterocycles. The first kappa shape index (κ1) is 18.8. The van der Waals surface area contributed by atoms with Crippen LogP contribution in [-0.4, -0.2) is 23.0 Å². The maximum atomic E-state index is 12.2. The van der Waals surface area contributed by atoms with E-state index in [4.69, 9.17) is 21.1 Å². The molecule has 0 amide bonds. The van der Waals surface area contributed by atoms with Crippen molar-refractivity contribution in [2.24, 2.45) is 0 Å². The van der Waals surface area contributed by atoms with E-state index in [2.05, 4.69) is 4.98 Å². The van der Waals surface area contributed by atoms with Crippen molar-refractivity contribution in [3.05, 3.63) is 68.7 Å². The molecule has 0 fully saturated rings. The number of hydrogen-bond donors (Lipinski definition) is 0. The minimum absolute atomic E-state index is 0.0155. The molecule has 0 radical (unpaired) electrons. The molecule has 0 saturated heterocycles. The van der Waals surface area contributed by atoms with Crippen molar-refractivity contribution in [2.75, 3.05) is 7.11 Å². The third-order valence-electron chi connectivity index (χ3n) is 3.56. The molecular formula is C18H13ClN2O5S. The summed E-state index contributed by atoms with van der Waals surface area (Å²) in [5.74, 6) is -0.396. The Morgan fingerprint density at radius 1 is 1.26 bits per heavy atom. The van der Waals surface area contributed by atoms with Gasteiger partial charge in [0, 0.05) is 17.0 Å². The molecule has 1 aromatic heterocycles. The summed E-state index contributed by atoms with van der Waals surface area (Å²) < 4.78 is 10.3. The standard InChI is InChI=1S/C18H13ClN2O5S/c1-25-15-7-6-12(21(23)24)9-16(15)26-17(22)8-11-10-27-18(20-11)13-4-2-3-5-14(13)19/h2-7,9-10H,8H2,1H3. The Labute approximate surface area is 163 Å². The largest absolute Gasteiger partial charge is 0.493 e. The van der Waals surface area contributed by atoms with Crippen molar-refractivity contribution >= 4 is 34.6 Å². The van der Waals surface area contributed by atoms with Crippen molar-refractivity contribution in [3.8, 4) is 22.1 Å². The van der Waals surface area contributed by atoms with E-state index in [1.165, 1.54) is 30.6 Å². The van der Waals surface area contributed by atoms with Crippen molar-refractivity contribution < 1.29 is 19.2 Å². The molecule has 0 aliphatic carbocycles. The summed E-state index contributed by atoms with van der Waals surface area (Å²) in [5.41, 5.74) is 1.10. The van der Waals surface area contributed by atoms with Gasteiger partial charge in [0.1, 0.15) is 5.01 Å². The predicted molar refractivity (Wildman–Crippen MR) is 102 cm³/mol. The lowest BCUT2D eigenvalue weighted by Crippen LogP contribution is -2.12. The first-order chi connectivity index (χ1) is 13.0. The number of benzene rings is 2. The average molecular weight is 405 g/mol. The summed E-state index contributed by atoms with van der Waals surface area (Å²) in [5, 5.41) is 13.9. The topological polar surface area (TPSA) is 91.6 Å². The molecule has 0 atom stereocenters. The van der Waals surface area contributed by atoms with Crippen molar-refractivity contribution in [3.63, 3.8) is 0 Å². The van der Waals surface area contributed by atoms with Crippen LogP contribution in [0.3, 0.4) is 0 Å². The number of aromatic nitrogens is 1. The van der Waals surface area contributed by atoms with Crippen LogP contribution in [0.25, 0.3) is 10.6 Å². The third-order valence-corrected chi connectivity index (χ3v) is 4.82. The number of thiazole rings is 1. The molecule has 3 aromatic rings. The highest BCUT2D eigenvalue weighted by atomic mass is 35.5. The SMILES string of the molecule is COc1ccc([N+](=O)[O-])cc1OC(=O)Cc1csc(-c2ccccc2Cl)n1. The number of hydrogen-bond acceptors (Lipinski definition) is 7. The fourth-order valence-electron chi connectivity index (χ4n) is 2.31. The second-order valence-corrected chi connectivity index (χ2v) is 6.63. The van der Waals surface area contributed by atoms with Crippen LogP contribution in [0, 0.1) is 10.1 Å². The van der Waals surface area contributed by atoms with Gasteiger partial charge in [0.05, 0.1) is 35.2 Å². The number of carbonyl (C=O) groups is 1. The van der Waals surface area contributed by atoms with Crippen LogP contribution in [0.4, 0.5) is 5.69 Å². The van der Waals surface area contributed by atoms with Gasteiger partial charge in [0.2, 0.25) is 0 Å². The molecule has 0 aliphatic rings. The number of nitro benzene ring substituents is 1. The molecule has 0 saturated carbocycles. The zero-order chi connectivity index (χ0) is 19.4. The summed E-state index contributed by atoms with van der Waals surface area (Å²) >= 11 is 7.52. The van der Waals surface area contributed by atoms with E-state index in [9.17, 15) is 14.9 Å². The molecule has 0 bridgehead atoms. The molecule has 7 nitrogen and oxygen atoms in total. The Hall–Kier alpha value is -2.97. The van der Waals surface area contributed by atoms with E-state index < -0.39 is 10.9 Å². The van der Waals surface area contributed by atoms with Gasteiger partial charge >= 0.3 is 5.97 Å². The van der Waals surface area contributed by atoms with Gasteiger partial charge in [-0.05, 0) is 12.1 Å². The third kappa shape index (κ3) is 4.42.